The molecule has 90 valence electrons. The Hall–Kier alpha value is -2.83. The summed E-state index contributed by atoms with van der Waals surface area (Å²) in [5, 5.41) is 8.76. The van der Waals surface area contributed by atoms with Gasteiger partial charge in [-0.05, 0) is 12.1 Å². The van der Waals surface area contributed by atoms with Gasteiger partial charge in [-0.3, -0.25) is 4.98 Å². The van der Waals surface area contributed by atoms with Crippen molar-refractivity contribution < 1.29 is 14.3 Å². The molecule has 0 amide bonds. The molecular formula is C11H7N3O4. The molecular weight excluding hydrogens is 238 g/mol. The van der Waals surface area contributed by atoms with Crippen molar-refractivity contribution in [1.82, 2.24) is 15.0 Å². The van der Waals surface area contributed by atoms with E-state index in [1.807, 2.05) is 0 Å². The van der Waals surface area contributed by atoms with Crippen LogP contribution in [0.4, 0.5) is 0 Å². The minimum atomic E-state index is -1.13. The zero-order valence-corrected chi connectivity index (χ0v) is 8.93. The van der Waals surface area contributed by atoms with Crippen molar-refractivity contribution in [2.24, 2.45) is 0 Å². The number of hydrogen-bond donors (Lipinski definition) is 3. The number of benzene rings is 1. The lowest BCUT2D eigenvalue weighted by molar-refractivity contribution is 0.0685. The van der Waals surface area contributed by atoms with Crippen molar-refractivity contribution in [3.05, 3.63) is 40.8 Å². The molecule has 0 unspecified atom stereocenters. The molecule has 0 aliphatic carbocycles. The molecule has 3 N–H and O–H groups in total. The highest BCUT2D eigenvalue weighted by Crippen LogP contribution is 2.21. The van der Waals surface area contributed by atoms with E-state index in [0.717, 1.165) is 0 Å². The molecule has 0 saturated heterocycles. The van der Waals surface area contributed by atoms with Crippen molar-refractivity contribution in [2.45, 2.75) is 0 Å². The van der Waals surface area contributed by atoms with Gasteiger partial charge in [0.05, 0.1) is 17.4 Å². The van der Waals surface area contributed by atoms with Gasteiger partial charge in [-0.15, -0.1) is 0 Å². The lowest BCUT2D eigenvalue weighted by atomic mass is 10.1. The number of rotatable bonds is 2. The van der Waals surface area contributed by atoms with E-state index >= 15 is 0 Å². The third-order valence-corrected chi connectivity index (χ3v) is 2.51. The molecule has 7 nitrogen and oxygen atoms in total. The number of aromatic carboxylic acids is 1. The Labute approximate surface area is 99.1 Å². The van der Waals surface area contributed by atoms with E-state index in [9.17, 15) is 9.59 Å². The number of aromatic nitrogens is 3. The van der Waals surface area contributed by atoms with Crippen LogP contribution < -0.4 is 5.76 Å². The minimum absolute atomic E-state index is 0.138. The van der Waals surface area contributed by atoms with Crippen molar-refractivity contribution in [3.63, 3.8) is 0 Å². The van der Waals surface area contributed by atoms with E-state index in [0.29, 0.717) is 22.4 Å². The zero-order chi connectivity index (χ0) is 12.7. The van der Waals surface area contributed by atoms with Crippen molar-refractivity contribution in [2.75, 3.05) is 0 Å². The molecule has 1 aromatic carbocycles. The van der Waals surface area contributed by atoms with Gasteiger partial charge in [-0.25, -0.2) is 14.6 Å². The second-order valence-corrected chi connectivity index (χ2v) is 3.68. The Bertz CT molecular complexity index is 796. The van der Waals surface area contributed by atoms with E-state index in [1.54, 1.807) is 18.2 Å². The van der Waals surface area contributed by atoms with Gasteiger partial charge < -0.3 is 14.5 Å². The number of carboxylic acid groups (broad SMARTS) is 1. The smallest absolute Gasteiger partial charge is 0.417 e. The van der Waals surface area contributed by atoms with E-state index in [4.69, 9.17) is 9.52 Å². The fraction of sp³-hybridized carbons (Fsp3) is 0. The molecule has 7 heteroatoms. The third-order valence-electron chi connectivity index (χ3n) is 2.51. The molecule has 0 saturated carbocycles. The number of H-pyrrole nitrogens is 2. The molecule has 0 bridgehead atoms. The quantitative estimate of drug-likeness (QED) is 0.628. The fourth-order valence-corrected chi connectivity index (χ4v) is 1.69. The van der Waals surface area contributed by atoms with Gasteiger partial charge in [-0.2, -0.15) is 0 Å². The van der Waals surface area contributed by atoms with Gasteiger partial charge in [0.25, 0.3) is 0 Å². The summed E-state index contributed by atoms with van der Waals surface area (Å²) in [7, 11) is 0. The van der Waals surface area contributed by atoms with Crippen LogP contribution in [0.15, 0.2) is 33.6 Å². The maximum atomic E-state index is 11.0. The number of nitrogens with one attached hydrogen (secondary N) is 2. The fourth-order valence-electron chi connectivity index (χ4n) is 1.69. The first kappa shape index (κ1) is 10.3. The maximum Gasteiger partial charge on any atom is 0.417 e. The number of fused-ring (bicyclic) bond motifs is 1. The summed E-state index contributed by atoms with van der Waals surface area (Å²) in [4.78, 5) is 30.6. The van der Waals surface area contributed by atoms with Crippen LogP contribution >= 0.6 is 0 Å². The van der Waals surface area contributed by atoms with Crippen LogP contribution in [0.5, 0.6) is 0 Å². The first-order valence-electron chi connectivity index (χ1n) is 5.05. The first-order valence-corrected chi connectivity index (χ1v) is 5.05. The van der Waals surface area contributed by atoms with Crippen LogP contribution in [0.25, 0.3) is 22.4 Å². The lowest BCUT2D eigenvalue weighted by Gasteiger charge is -1.96. The van der Waals surface area contributed by atoms with E-state index in [1.165, 1.54) is 6.20 Å². The highest BCUT2D eigenvalue weighted by atomic mass is 16.4. The third kappa shape index (κ3) is 1.58. The van der Waals surface area contributed by atoms with Gasteiger partial charge in [0.1, 0.15) is 0 Å². The SMILES string of the molecule is O=C(O)c1ncc(-c2ccc3[nH]c(=O)oc3c2)[nH]1. The number of nitrogens with zero attached hydrogens (tertiary/aromatic N) is 1. The van der Waals surface area contributed by atoms with Gasteiger partial charge >= 0.3 is 11.7 Å². The molecule has 18 heavy (non-hydrogen) atoms. The van der Waals surface area contributed by atoms with Crippen LogP contribution in [0, 0.1) is 0 Å². The Morgan fingerprint density at radius 2 is 2.17 bits per heavy atom. The number of hydrogen-bond acceptors (Lipinski definition) is 4. The predicted molar refractivity (Wildman–Crippen MR) is 61.4 cm³/mol. The molecule has 0 radical (unpaired) electrons. The van der Waals surface area contributed by atoms with Gasteiger partial charge in [0, 0.05) is 5.56 Å². The predicted octanol–water partition coefficient (Wildman–Crippen LogP) is 1.21. The molecule has 0 atom stereocenters. The second-order valence-electron chi connectivity index (χ2n) is 3.68. The Balaban J connectivity index is 2.12. The molecule has 0 spiro atoms. The van der Waals surface area contributed by atoms with Crippen LogP contribution in [0.1, 0.15) is 10.6 Å². The Morgan fingerprint density at radius 3 is 2.89 bits per heavy atom. The molecule has 0 aliphatic rings. The largest absolute Gasteiger partial charge is 0.475 e. The number of oxazole rings is 1. The zero-order valence-electron chi connectivity index (χ0n) is 8.93. The number of aromatic amines is 2. The first-order chi connectivity index (χ1) is 8.63. The minimum Gasteiger partial charge on any atom is -0.475 e. The van der Waals surface area contributed by atoms with Gasteiger partial charge in [-0.1, -0.05) is 6.07 Å². The summed E-state index contributed by atoms with van der Waals surface area (Å²) >= 11 is 0. The van der Waals surface area contributed by atoms with E-state index < -0.39 is 11.7 Å². The molecule has 0 fully saturated rings. The summed E-state index contributed by atoms with van der Waals surface area (Å²) in [5.41, 5.74) is 2.22. The van der Waals surface area contributed by atoms with Crippen LogP contribution in [-0.2, 0) is 0 Å². The number of imidazole rings is 1. The van der Waals surface area contributed by atoms with Gasteiger partial charge in [0.2, 0.25) is 5.82 Å². The van der Waals surface area contributed by atoms with Crippen LogP contribution in [-0.4, -0.2) is 26.0 Å². The number of carboxylic acids is 1. The topological polar surface area (TPSA) is 112 Å². The van der Waals surface area contributed by atoms with E-state index in [-0.39, 0.29) is 5.82 Å². The molecule has 3 rings (SSSR count). The average molecular weight is 245 g/mol. The van der Waals surface area contributed by atoms with Gasteiger partial charge in [0.15, 0.2) is 5.58 Å². The van der Waals surface area contributed by atoms with E-state index in [2.05, 4.69) is 15.0 Å². The average Bonchev–Trinajstić information content (AvgIpc) is 2.91. The molecule has 2 heterocycles. The molecule has 2 aromatic heterocycles. The normalized spacial score (nSPS) is 10.9. The number of carbonyl (C=O) groups is 1. The molecule has 3 aromatic rings. The van der Waals surface area contributed by atoms with Crippen molar-refractivity contribution >= 4 is 17.1 Å². The summed E-state index contributed by atoms with van der Waals surface area (Å²) in [6.45, 7) is 0. The Kier molecular flexibility index (Phi) is 2.06. The monoisotopic (exact) mass is 245 g/mol. The summed E-state index contributed by atoms with van der Waals surface area (Å²) in [5.74, 6) is -1.80. The summed E-state index contributed by atoms with van der Waals surface area (Å²) < 4.78 is 4.92. The maximum absolute atomic E-state index is 11.0. The van der Waals surface area contributed by atoms with Crippen LogP contribution in [0.2, 0.25) is 0 Å². The highest BCUT2D eigenvalue weighted by molar-refractivity contribution is 5.85. The standard InChI is InChI=1S/C11H7N3O4/c15-10(16)9-12-4-7(13-9)5-1-2-6-8(3-5)18-11(17)14-6/h1-4H,(H,12,13)(H,14,17)(H,15,16). The lowest BCUT2D eigenvalue weighted by Crippen LogP contribution is -1.98. The summed E-state index contributed by atoms with van der Waals surface area (Å²) in [6, 6.07) is 5.04. The second kappa shape index (κ2) is 3.59. The van der Waals surface area contributed by atoms with Crippen molar-refractivity contribution in [3.8, 4) is 11.3 Å². The highest BCUT2D eigenvalue weighted by Gasteiger charge is 2.10. The molecule has 0 aliphatic heterocycles. The van der Waals surface area contributed by atoms with Crippen molar-refractivity contribution in [1.29, 1.82) is 0 Å². The summed E-state index contributed by atoms with van der Waals surface area (Å²) in [6.07, 6.45) is 1.41. The Morgan fingerprint density at radius 1 is 1.33 bits per heavy atom. The van der Waals surface area contributed by atoms with Crippen LogP contribution in [0.3, 0.4) is 0 Å².